The van der Waals surface area contributed by atoms with Gasteiger partial charge in [-0.2, -0.15) is 5.10 Å². The number of aromatic carboxylic acids is 1. The summed E-state index contributed by atoms with van der Waals surface area (Å²) in [6, 6.07) is 2.59. The van der Waals surface area contributed by atoms with Gasteiger partial charge in [-0.15, -0.1) is 23.5 Å². The molecule has 0 spiro atoms. The second-order valence-electron chi connectivity index (χ2n) is 11.8. The molecular formula is C30H34FN5O7S2. The molecule has 2 aromatic rings. The van der Waals surface area contributed by atoms with Crippen LogP contribution in [-0.2, 0) is 9.59 Å². The van der Waals surface area contributed by atoms with E-state index in [0.717, 1.165) is 18.9 Å². The number of hydrogen-bond acceptors (Lipinski definition) is 10. The fraction of sp³-hybridized carbons (Fsp3) is 0.500. The summed E-state index contributed by atoms with van der Waals surface area (Å²) in [7, 11) is 0. The smallest absolute Gasteiger partial charge is 0.353 e. The highest BCUT2D eigenvalue weighted by Gasteiger charge is 2.59. The lowest BCUT2D eigenvalue weighted by molar-refractivity contribution is -0.163. The van der Waals surface area contributed by atoms with E-state index in [-0.39, 0.29) is 40.6 Å². The first-order chi connectivity index (χ1) is 21.5. The van der Waals surface area contributed by atoms with E-state index < -0.39 is 35.2 Å². The Balaban J connectivity index is 1.03. The van der Waals surface area contributed by atoms with Gasteiger partial charge in [0.25, 0.3) is 0 Å². The zero-order valence-electron chi connectivity index (χ0n) is 24.8. The maximum absolute atomic E-state index is 15.3. The average Bonchev–Trinajstić information content (AvgIpc) is 3.80. The number of aliphatic hydroxyl groups excluding tert-OH is 1. The van der Waals surface area contributed by atoms with Crippen molar-refractivity contribution in [3.8, 4) is 0 Å². The summed E-state index contributed by atoms with van der Waals surface area (Å²) < 4.78 is 17.0. The third-order valence-corrected chi connectivity index (χ3v) is 11.1. The Hall–Kier alpha value is -3.56. The highest BCUT2D eigenvalue weighted by atomic mass is 32.2. The predicted molar refractivity (Wildman–Crippen MR) is 170 cm³/mol. The van der Waals surface area contributed by atoms with Crippen LogP contribution >= 0.6 is 23.5 Å². The van der Waals surface area contributed by atoms with Crippen molar-refractivity contribution in [3.63, 3.8) is 0 Å². The molecule has 0 bridgehead atoms. The van der Waals surface area contributed by atoms with Crippen LogP contribution in [0.5, 0.6) is 0 Å². The Morgan fingerprint density at radius 2 is 1.82 bits per heavy atom. The van der Waals surface area contributed by atoms with E-state index in [1.54, 1.807) is 23.1 Å². The summed E-state index contributed by atoms with van der Waals surface area (Å²) >= 11 is 2.91. The van der Waals surface area contributed by atoms with E-state index in [0.29, 0.717) is 53.8 Å². The molecule has 0 radical (unpaired) electrons. The van der Waals surface area contributed by atoms with Crippen LogP contribution in [0.15, 0.2) is 38.8 Å². The second-order valence-corrected chi connectivity index (χ2v) is 13.9. The van der Waals surface area contributed by atoms with Gasteiger partial charge in [0.15, 0.2) is 0 Å². The number of carboxylic acids is 2. The number of thioether (sulfide) groups is 2. The number of halogens is 1. The largest absolute Gasteiger partial charge is 0.477 e. The number of aromatic nitrogens is 1. The highest BCUT2D eigenvalue weighted by Crippen LogP contribution is 2.50. The number of benzene rings is 1. The van der Waals surface area contributed by atoms with Crippen LogP contribution in [0.4, 0.5) is 10.1 Å². The molecule has 15 heteroatoms. The number of piperazine rings is 1. The van der Waals surface area contributed by atoms with Crippen LogP contribution in [0.25, 0.3) is 10.9 Å². The minimum Gasteiger partial charge on any atom is -0.477 e. The molecule has 45 heavy (non-hydrogen) atoms. The maximum atomic E-state index is 15.3. The number of carbonyl (C=O) groups excluding carboxylic acids is 1. The van der Waals surface area contributed by atoms with Crippen molar-refractivity contribution < 1.29 is 34.1 Å². The number of pyridine rings is 1. The molecule has 1 amide bonds. The van der Waals surface area contributed by atoms with Gasteiger partial charge >= 0.3 is 11.9 Å². The van der Waals surface area contributed by atoms with Crippen molar-refractivity contribution in [2.75, 3.05) is 42.6 Å². The summed E-state index contributed by atoms with van der Waals surface area (Å²) in [6.45, 7) is 5.59. The monoisotopic (exact) mass is 659 g/mol. The van der Waals surface area contributed by atoms with Gasteiger partial charge in [-0.25, -0.2) is 14.0 Å². The molecule has 3 fully saturated rings. The Morgan fingerprint density at radius 1 is 1.11 bits per heavy atom. The number of hydrogen-bond donors (Lipinski definition) is 3. The number of amides is 1. The van der Waals surface area contributed by atoms with Crippen molar-refractivity contribution in [1.82, 2.24) is 14.5 Å². The number of hydrazone groups is 1. The minimum absolute atomic E-state index is 0.0274. The van der Waals surface area contributed by atoms with Crippen LogP contribution < -0.4 is 10.3 Å². The maximum Gasteiger partial charge on any atom is 0.353 e. The van der Waals surface area contributed by atoms with E-state index >= 15 is 4.39 Å². The van der Waals surface area contributed by atoms with Crippen LogP contribution in [0.2, 0.25) is 0 Å². The number of carboxylic acid groups (broad SMARTS) is 2. The molecule has 1 aromatic carbocycles. The van der Waals surface area contributed by atoms with Crippen LogP contribution in [0, 0.1) is 17.7 Å². The van der Waals surface area contributed by atoms with Gasteiger partial charge in [0.2, 0.25) is 11.3 Å². The number of aliphatic carboxylic acids is 1. The molecule has 1 aliphatic carbocycles. The zero-order valence-corrected chi connectivity index (χ0v) is 26.4. The van der Waals surface area contributed by atoms with Crippen molar-refractivity contribution >= 4 is 63.5 Å². The lowest BCUT2D eigenvalue weighted by Crippen LogP contribution is -2.63. The fourth-order valence-corrected chi connectivity index (χ4v) is 8.50. The molecule has 240 valence electrons. The normalized spacial score (nSPS) is 24.0. The van der Waals surface area contributed by atoms with E-state index in [4.69, 9.17) is 0 Å². The van der Waals surface area contributed by atoms with Crippen molar-refractivity contribution in [1.29, 1.82) is 0 Å². The van der Waals surface area contributed by atoms with Crippen molar-refractivity contribution in [3.05, 3.63) is 50.5 Å². The summed E-state index contributed by atoms with van der Waals surface area (Å²) in [5.41, 5.74) is 1.64. The summed E-state index contributed by atoms with van der Waals surface area (Å²) in [5.74, 6) is -2.81. The molecule has 4 heterocycles. The van der Waals surface area contributed by atoms with Gasteiger partial charge < -0.3 is 29.7 Å². The number of rotatable bonds is 11. The minimum atomic E-state index is -1.32. The Kier molecular flexibility index (Phi) is 8.61. The molecule has 4 aliphatic rings. The predicted octanol–water partition coefficient (Wildman–Crippen LogP) is 2.86. The lowest BCUT2D eigenvalue weighted by atomic mass is 9.79. The topological polar surface area (TPSA) is 156 Å². The van der Waals surface area contributed by atoms with E-state index in [9.17, 15) is 34.5 Å². The molecule has 6 rings (SSSR count). The Bertz CT molecular complexity index is 1680. The van der Waals surface area contributed by atoms with Gasteiger partial charge in [-0.05, 0) is 31.9 Å². The Labute approximate surface area is 266 Å². The van der Waals surface area contributed by atoms with Gasteiger partial charge in [0.1, 0.15) is 17.1 Å². The van der Waals surface area contributed by atoms with Crippen molar-refractivity contribution in [2.24, 2.45) is 16.9 Å². The molecule has 12 nitrogen and oxygen atoms in total. The van der Waals surface area contributed by atoms with Crippen LogP contribution in [0.1, 0.15) is 43.1 Å². The summed E-state index contributed by atoms with van der Waals surface area (Å²) in [6.07, 6.45) is 2.30. The molecule has 1 aromatic heterocycles. The van der Waals surface area contributed by atoms with E-state index in [1.807, 2.05) is 16.8 Å². The molecule has 1 unspecified atom stereocenters. The number of carbonyl (C=O) groups is 3. The third kappa shape index (κ3) is 5.69. The molecule has 4 atom stereocenters. The quantitative estimate of drug-likeness (QED) is 0.141. The molecule has 3 N–H and O–H groups in total. The number of fused-ring (bicyclic) bond motifs is 2. The average molecular weight is 660 g/mol. The van der Waals surface area contributed by atoms with Gasteiger partial charge in [-0.1, -0.05) is 6.92 Å². The van der Waals surface area contributed by atoms with Crippen LogP contribution in [-0.4, -0.2) is 103 Å². The number of nitrogens with zero attached hydrogens (tertiary/aromatic N) is 5. The number of aliphatic hydroxyl groups is 1. The first-order valence-corrected chi connectivity index (χ1v) is 16.9. The first kappa shape index (κ1) is 31.4. The number of β-lactam (4-membered cyclic amide) rings is 1. The Morgan fingerprint density at radius 3 is 2.44 bits per heavy atom. The standard InChI is InChI=1S/C30H34FN5O7S2/c1-15-24-23(16(2)37)28(39)36(24)25(30(42)43)27(15)45-10-9-44-14-32-34-7-5-33(6-8-34)22-12-21-18(11-20(22)31)26(38)19(29(40)41)13-35(21)17-3-4-17/h11-17,23-24,37H,3-10H2,1-2H3,(H,40,41)(H,42,43)/t15?,16-,23+,24+/m1/s1. The second kappa shape index (κ2) is 12.3. The molecule has 2 saturated heterocycles. The molecule has 3 aliphatic heterocycles. The third-order valence-electron chi connectivity index (χ3n) is 8.92. The number of anilines is 1. The first-order valence-electron chi connectivity index (χ1n) is 14.9. The lowest BCUT2D eigenvalue weighted by Gasteiger charge is -2.46. The SMILES string of the molecule is CC1C(SCCSC=NN2CCN(c3cc4c(cc3F)c(=O)c(C(=O)O)cn4C3CC3)CC2)=C(C(=O)O)N2C(=O)[C@@H]([C@@H](C)O)[C@H]12. The van der Waals surface area contributed by atoms with E-state index in [2.05, 4.69) is 5.10 Å². The van der Waals surface area contributed by atoms with Gasteiger partial charge in [0.05, 0.1) is 47.9 Å². The molecule has 1 saturated carbocycles. The van der Waals surface area contributed by atoms with Gasteiger partial charge in [0, 0.05) is 53.0 Å². The van der Waals surface area contributed by atoms with Crippen molar-refractivity contribution in [2.45, 2.75) is 44.9 Å². The molecular weight excluding hydrogens is 625 g/mol. The zero-order chi connectivity index (χ0) is 32.2. The highest BCUT2D eigenvalue weighted by molar-refractivity contribution is 8.13. The van der Waals surface area contributed by atoms with E-state index in [1.165, 1.54) is 34.6 Å². The summed E-state index contributed by atoms with van der Waals surface area (Å²) in [5, 5.41) is 35.7. The summed E-state index contributed by atoms with van der Waals surface area (Å²) in [4.78, 5) is 52.7. The van der Waals surface area contributed by atoms with Gasteiger partial charge in [-0.3, -0.25) is 14.6 Å². The fourth-order valence-electron chi connectivity index (χ4n) is 6.53. The van der Waals surface area contributed by atoms with Crippen LogP contribution in [0.3, 0.4) is 0 Å².